The third kappa shape index (κ3) is 2.38. The molecule has 1 amide bonds. The Morgan fingerprint density at radius 3 is 3.10 bits per heavy atom. The second kappa shape index (κ2) is 5.35. The predicted octanol–water partition coefficient (Wildman–Crippen LogP) is 2.62. The Morgan fingerprint density at radius 2 is 2.25 bits per heavy atom. The fourth-order valence-corrected chi connectivity index (χ4v) is 3.16. The second-order valence-corrected chi connectivity index (χ2v) is 5.54. The quantitative estimate of drug-likeness (QED) is 0.942. The van der Waals surface area contributed by atoms with Gasteiger partial charge in [-0.05, 0) is 29.5 Å². The number of nitrogens with zero attached hydrogens (tertiary/aromatic N) is 2. The Labute approximate surface area is 121 Å². The zero-order valence-corrected chi connectivity index (χ0v) is 11.6. The molecule has 0 bridgehead atoms. The smallest absolute Gasteiger partial charge is 0.244 e. The molecule has 0 spiro atoms. The van der Waals surface area contributed by atoms with Crippen LogP contribution in [-0.4, -0.2) is 19.0 Å². The van der Waals surface area contributed by atoms with Crippen LogP contribution in [0.4, 0.5) is 10.7 Å². The minimum Gasteiger partial charge on any atom is -0.362 e. The number of carbonyl (C=O) groups is 1. The highest BCUT2D eigenvalue weighted by molar-refractivity contribution is 7.14. The highest BCUT2D eigenvalue weighted by Gasteiger charge is 2.20. The number of hydrogen-bond acceptors (Lipinski definition) is 4. The normalized spacial score (nSPS) is 12.8. The van der Waals surface area contributed by atoms with Crippen LogP contribution < -0.4 is 10.2 Å². The molecule has 0 unspecified atom stereocenters. The molecule has 5 heteroatoms. The molecule has 2 aromatic rings. The van der Waals surface area contributed by atoms with Crippen LogP contribution in [0.25, 0.3) is 0 Å². The van der Waals surface area contributed by atoms with E-state index in [2.05, 4.69) is 22.4 Å². The molecular formula is C15H13N3OS. The van der Waals surface area contributed by atoms with E-state index in [1.54, 1.807) is 11.4 Å². The van der Waals surface area contributed by atoms with Crippen molar-refractivity contribution < 1.29 is 4.79 Å². The summed E-state index contributed by atoms with van der Waals surface area (Å²) in [6, 6.07) is 11.9. The molecule has 0 aliphatic carbocycles. The molecule has 1 aromatic carbocycles. The van der Waals surface area contributed by atoms with Gasteiger partial charge in [0.15, 0.2) is 0 Å². The number of anilines is 2. The molecule has 100 valence electrons. The van der Waals surface area contributed by atoms with Gasteiger partial charge in [0.1, 0.15) is 11.1 Å². The van der Waals surface area contributed by atoms with E-state index in [4.69, 9.17) is 5.26 Å². The summed E-state index contributed by atoms with van der Waals surface area (Å²) in [6.45, 7) is 1.18. The molecule has 2 heterocycles. The lowest BCUT2D eigenvalue weighted by Crippen LogP contribution is -2.31. The topological polar surface area (TPSA) is 56.1 Å². The van der Waals surface area contributed by atoms with Gasteiger partial charge in [0.05, 0.1) is 12.1 Å². The van der Waals surface area contributed by atoms with Gasteiger partial charge in [0.2, 0.25) is 5.91 Å². The lowest BCUT2D eigenvalue weighted by Gasteiger charge is -2.18. The molecular weight excluding hydrogens is 270 g/mol. The summed E-state index contributed by atoms with van der Waals surface area (Å²) >= 11 is 1.37. The van der Waals surface area contributed by atoms with Crippen LogP contribution >= 0.6 is 11.3 Å². The molecule has 0 fully saturated rings. The summed E-state index contributed by atoms with van der Waals surface area (Å²) in [6.07, 6.45) is 0.978. The third-order valence-electron chi connectivity index (χ3n) is 3.36. The lowest BCUT2D eigenvalue weighted by atomic mass is 10.2. The van der Waals surface area contributed by atoms with E-state index >= 15 is 0 Å². The van der Waals surface area contributed by atoms with E-state index < -0.39 is 0 Å². The molecule has 0 saturated carbocycles. The zero-order valence-electron chi connectivity index (χ0n) is 10.8. The number of rotatable bonds is 3. The minimum atomic E-state index is -0.0827. The van der Waals surface area contributed by atoms with E-state index in [1.807, 2.05) is 18.2 Å². The maximum Gasteiger partial charge on any atom is 0.244 e. The summed E-state index contributed by atoms with van der Waals surface area (Å²) < 4.78 is 0. The highest BCUT2D eigenvalue weighted by atomic mass is 32.1. The van der Waals surface area contributed by atoms with Crippen LogP contribution in [0.15, 0.2) is 35.7 Å². The van der Waals surface area contributed by atoms with Gasteiger partial charge in [-0.1, -0.05) is 18.2 Å². The lowest BCUT2D eigenvalue weighted by molar-refractivity contribution is -0.114. The number of nitrogens with one attached hydrogen (secondary N) is 1. The first kappa shape index (κ1) is 12.7. The van der Waals surface area contributed by atoms with Gasteiger partial charge < -0.3 is 10.2 Å². The van der Waals surface area contributed by atoms with Gasteiger partial charge in [-0.15, -0.1) is 11.3 Å². The van der Waals surface area contributed by atoms with Gasteiger partial charge in [-0.3, -0.25) is 4.79 Å². The number of thiophene rings is 1. The van der Waals surface area contributed by atoms with Crippen molar-refractivity contribution in [3.63, 3.8) is 0 Å². The Bertz CT molecular complexity index is 686. The number of benzene rings is 1. The number of nitriles is 1. The fourth-order valence-electron chi connectivity index (χ4n) is 2.40. The number of fused-ring (bicyclic) bond motifs is 1. The van der Waals surface area contributed by atoms with Crippen LogP contribution in [0, 0.1) is 11.3 Å². The van der Waals surface area contributed by atoms with Crippen molar-refractivity contribution in [1.82, 2.24) is 0 Å². The molecule has 20 heavy (non-hydrogen) atoms. The monoisotopic (exact) mass is 283 g/mol. The number of carbonyl (C=O) groups excluding carboxylic acids is 1. The first-order valence-electron chi connectivity index (χ1n) is 6.38. The average Bonchev–Trinajstić information content (AvgIpc) is 3.06. The first-order chi connectivity index (χ1) is 9.78. The van der Waals surface area contributed by atoms with Crippen molar-refractivity contribution >= 4 is 27.9 Å². The van der Waals surface area contributed by atoms with Crippen molar-refractivity contribution in [2.24, 2.45) is 0 Å². The maximum atomic E-state index is 12.1. The van der Waals surface area contributed by atoms with Crippen LogP contribution in [0.2, 0.25) is 0 Å². The Kier molecular flexibility index (Phi) is 3.40. The van der Waals surface area contributed by atoms with E-state index in [0.717, 1.165) is 18.7 Å². The van der Waals surface area contributed by atoms with Gasteiger partial charge in [-0.25, -0.2) is 0 Å². The summed E-state index contributed by atoms with van der Waals surface area (Å²) in [4.78, 5) is 14.2. The van der Waals surface area contributed by atoms with Crippen molar-refractivity contribution in [2.45, 2.75) is 6.42 Å². The number of para-hydroxylation sites is 1. The van der Waals surface area contributed by atoms with Crippen LogP contribution in [0.1, 0.15) is 11.1 Å². The van der Waals surface area contributed by atoms with Gasteiger partial charge >= 0.3 is 0 Å². The van der Waals surface area contributed by atoms with Crippen molar-refractivity contribution in [2.75, 3.05) is 23.3 Å². The van der Waals surface area contributed by atoms with E-state index in [1.165, 1.54) is 16.9 Å². The van der Waals surface area contributed by atoms with Gasteiger partial charge in [0.25, 0.3) is 0 Å². The zero-order chi connectivity index (χ0) is 13.9. The Morgan fingerprint density at radius 1 is 1.40 bits per heavy atom. The van der Waals surface area contributed by atoms with Crippen molar-refractivity contribution in [3.8, 4) is 6.07 Å². The van der Waals surface area contributed by atoms with E-state index in [9.17, 15) is 4.79 Å². The molecule has 0 saturated heterocycles. The predicted molar refractivity (Wildman–Crippen MR) is 80.0 cm³/mol. The molecule has 0 radical (unpaired) electrons. The first-order valence-corrected chi connectivity index (χ1v) is 7.26. The number of amides is 1. The third-order valence-corrected chi connectivity index (χ3v) is 4.19. The van der Waals surface area contributed by atoms with E-state index in [0.29, 0.717) is 17.1 Å². The summed E-state index contributed by atoms with van der Waals surface area (Å²) in [5, 5.41) is 14.2. The van der Waals surface area contributed by atoms with Crippen molar-refractivity contribution in [1.29, 1.82) is 5.26 Å². The Balaban J connectivity index is 1.68. The summed E-state index contributed by atoms with van der Waals surface area (Å²) in [5.74, 6) is -0.0827. The molecule has 3 rings (SSSR count). The van der Waals surface area contributed by atoms with Crippen LogP contribution in [0.3, 0.4) is 0 Å². The van der Waals surface area contributed by atoms with E-state index in [-0.39, 0.29) is 5.91 Å². The molecule has 1 N–H and O–H groups in total. The maximum absolute atomic E-state index is 12.1. The Hall–Kier alpha value is -2.32. The molecule has 1 aromatic heterocycles. The standard InChI is InChI=1S/C15H13N3OS/c16-9-12-6-8-20-15(12)17-14(19)10-18-7-5-11-3-1-2-4-13(11)18/h1-4,6,8H,5,7,10H2,(H,17,19). The number of hydrogen-bond donors (Lipinski definition) is 1. The molecule has 4 nitrogen and oxygen atoms in total. The average molecular weight is 283 g/mol. The molecule has 1 aliphatic heterocycles. The van der Waals surface area contributed by atoms with Crippen LogP contribution in [0.5, 0.6) is 0 Å². The van der Waals surface area contributed by atoms with Gasteiger partial charge in [0, 0.05) is 12.2 Å². The molecule has 1 aliphatic rings. The van der Waals surface area contributed by atoms with Crippen LogP contribution in [-0.2, 0) is 11.2 Å². The fraction of sp³-hybridized carbons (Fsp3) is 0.200. The molecule has 0 atom stereocenters. The summed E-state index contributed by atoms with van der Waals surface area (Å²) in [7, 11) is 0. The SMILES string of the molecule is N#Cc1ccsc1NC(=O)CN1CCc2ccccc21. The second-order valence-electron chi connectivity index (χ2n) is 4.62. The van der Waals surface area contributed by atoms with Gasteiger partial charge in [-0.2, -0.15) is 5.26 Å². The highest BCUT2D eigenvalue weighted by Crippen LogP contribution is 2.27. The van der Waals surface area contributed by atoms with Crippen molar-refractivity contribution in [3.05, 3.63) is 46.8 Å². The minimum absolute atomic E-state index is 0.0827. The largest absolute Gasteiger partial charge is 0.362 e. The summed E-state index contributed by atoms with van der Waals surface area (Å²) in [5.41, 5.74) is 2.94.